The average molecular weight is 587 g/mol. The van der Waals surface area contributed by atoms with Gasteiger partial charge in [0.05, 0.1) is 6.04 Å². The maximum Gasteiger partial charge on any atom is 0.408 e. The van der Waals surface area contributed by atoms with E-state index in [-0.39, 0.29) is 42.0 Å². The lowest BCUT2D eigenvalue weighted by Gasteiger charge is -2.37. The predicted octanol–water partition coefficient (Wildman–Crippen LogP) is 3.66. The summed E-state index contributed by atoms with van der Waals surface area (Å²) in [6.07, 6.45) is 8.60. The normalized spacial score (nSPS) is 24.4. The van der Waals surface area contributed by atoms with Gasteiger partial charge < -0.3 is 25.6 Å². The molecule has 3 N–H and O–H groups in total. The molecule has 0 aromatic carbocycles. The number of unbranched alkanes of at least 4 members (excludes halogenated alkanes) is 1. The van der Waals surface area contributed by atoms with E-state index in [1.807, 2.05) is 0 Å². The zero-order valence-corrected chi connectivity index (χ0v) is 26.0. The molecule has 2 aliphatic carbocycles. The van der Waals surface area contributed by atoms with Crippen LogP contribution in [0.5, 0.6) is 0 Å². The zero-order valence-electron chi connectivity index (χ0n) is 26.0. The highest BCUT2D eigenvalue weighted by Gasteiger charge is 2.69. The molecule has 1 saturated heterocycles. The topological polar surface area (TPSA) is 134 Å². The van der Waals surface area contributed by atoms with Gasteiger partial charge in [-0.05, 0) is 76.0 Å². The maximum atomic E-state index is 14.2. The standard InChI is InChI=1S/C32H50N4O6/c1-8-10-12-17-22(26(37)28(39)33-18-9-2)34-27(38)25-23-21(32(23,6)7)19-36(25)29(40)24(20-15-13-11-14-16-20)35-30(41)42-31(3,4)5/h8-9,20-25H,1-2,10-19H2,3-7H3,(H,33,39)(H,34,38)(H,35,41)/t21?,22?,23?,24-,25-/m0/s1. The molecule has 5 atom stereocenters. The van der Waals surface area contributed by atoms with Crippen LogP contribution in [0.4, 0.5) is 4.79 Å². The quantitative estimate of drug-likeness (QED) is 0.171. The summed E-state index contributed by atoms with van der Waals surface area (Å²) in [5.41, 5.74) is -0.877. The van der Waals surface area contributed by atoms with Gasteiger partial charge >= 0.3 is 6.09 Å². The van der Waals surface area contributed by atoms with Crippen molar-refractivity contribution in [3.8, 4) is 0 Å². The number of allylic oxidation sites excluding steroid dienone is 1. The summed E-state index contributed by atoms with van der Waals surface area (Å²) in [6, 6.07) is -2.66. The van der Waals surface area contributed by atoms with E-state index in [2.05, 4.69) is 43.0 Å². The molecule has 10 heteroatoms. The lowest BCUT2D eigenvalue weighted by Crippen LogP contribution is -2.59. The van der Waals surface area contributed by atoms with Crippen LogP contribution in [0.2, 0.25) is 0 Å². The largest absolute Gasteiger partial charge is 0.444 e. The number of hydrogen-bond donors (Lipinski definition) is 3. The van der Waals surface area contributed by atoms with Crippen molar-refractivity contribution < 1.29 is 28.7 Å². The molecule has 0 bridgehead atoms. The van der Waals surface area contributed by atoms with Crippen molar-refractivity contribution in [3.63, 3.8) is 0 Å². The summed E-state index contributed by atoms with van der Waals surface area (Å²) >= 11 is 0. The molecule has 3 unspecified atom stereocenters. The Kier molecular flexibility index (Phi) is 11.0. The van der Waals surface area contributed by atoms with Gasteiger partial charge in [0, 0.05) is 13.1 Å². The summed E-state index contributed by atoms with van der Waals surface area (Å²) in [5.74, 6) is -2.30. The van der Waals surface area contributed by atoms with E-state index >= 15 is 0 Å². The Morgan fingerprint density at radius 2 is 1.69 bits per heavy atom. The molecule has 1 aliphatic heterocycles. The van der Waals surface area contributed by atoms with E-state index in [4.69, 9.17) is 4.74 Å². The third-order valence-corrected chi connectivity index (χ3v) is 8.98. The number of carbonyl (C=O) groups is 5. The van der Waals surface area contributed by atoms with Gasteiger partial charge in [-0.15, -0.1) is 13.2 Å². The number of piperidine rings is 1. The first-order valence-electron chi connectivity index (χ1n) is 15.4. The maximum absolute atomic E-state index is 14.2. The number of alkyl carbamates (subject to hydrolysis) is 1. The van der Waals surface area contributed by atoms with E-state index in [1.54, 1.807) is 31.7 Å². The molecule has 10 nitrogen and oxygen atoms in total. The number of ketones is 1. The van der Waals surface area contributed by atoms with Gasteiger partial charge in [0.2, 0.25) is 17.6 Å². The highest BCUT2D eigenvalue weighted by molar-refractivity contribution is 6.38. The minimum atomic E-state index is -1.03. The Bertz CT molecular complexity index is 1060. The number of nitrogens with one attached hydrogen (secondary N) is 3. The van der Waals surface area contributed by atoms with Gasteiger partial charge in [-0.25, -0.2) is 4.79 Å². The van der Waals surface area contributed by atoms with E-state index in [0.717, 1.165) is 32.1 Å². The number of hydrogen-bond acceptors (Lipinski definition) is 6. The molecular weight excluding hydrogens is 536 g/mol. The van der Waals surface area contributed by atoms with Crippen LogP contribution in [0, 0.1) is 23.2 Å². The smallest absolute Gasteiger partial charge is 0.408 e. The molecule has 2 saturated carbocycles. The van der Waals surface area contributed by atoms with E-state index in [9.17, 15) is 24.0 Å². The Hall–Kier alpha value is -3.17. The van der Waals surface area contributed by atoms with Gasteiger partial charge in [-0.3, -0.25) is 19.2 Å². The van der Waals surface area contributed by atoms with E-state index in [0.29, 0.717) is 19.4 Å². The fourth-order valence-corrected chi connectivity index (χ4v) is 6.68. The van der Waals surface area contributed by atoms with Gasteiger partial charge in [-0.2, -0.15) is 0 Å². The van der Waals surface area contributed by atoms with Crippen LogP contribution in [0.25, 0.3) is 0 Å². The number of carbonyl (C=O) groups excluding carboxylic acids is 5. The molecule has 3 fully saturated rings. The Balaban J connectivity index is 1.85. The second kappa shape index (κ2) is 13.9. The third-order valence-electron chi connectivity index (χ3n) is 8.98. The van der Waals surface area contributed by atoms with Crippen LogP contribution in [0.1, 0.15) is 86.0 Å². The highest BCUT2D eigenvalue weighted by atomic mass is 16.6. The molecule has 3 rings (SSSR count). The van der Waals surface area contributed by atoms with Crippen molar-refractivity contribution >= 4 is 29.6 Å². The number of ether oxygens (including phenoxy) is 1. The molecule has 42 heavy (non-hydrogen) atoms. The molecule has 0 aromatic rings. The molecule has 0 aromatic heterocycles. The number of fused-ring (bicyclic) bond motifs is 1. The third kappa shape index (κ3) is 8.01. The Labute approximate surface area is 250 Å². The molecular formula is C32H50N4O6. The Morgan fingerprint density at radius 3 is 2.29 bits per heavy atom. The molecule has 0 spiro atoms. The van der Waals surface area contributed by atoms with Gasteiger partial charge in [0.15, 0.2) is 0 Å². The second-order valence-electron chi connectivity index (χ2n) is 13.6. The van der Waals surface area contributed by atoms with Crippen molar-refractivity contribution in [1.82, 2.24) is 20.9 Å². The van der Waals surface area contributed by atoms with Gasteiger partial charge in [-0.1, -0.05) is 45.3 Å². The minimum Gasteiger partial charge on any atom is -0.444 e. The molecule has 3 aliphatic rings. The summed E-state index contributed by atoms with van der Waals surface area (Å²) < 4.78 is 5.50. The van der Waals surface area contributed by atoms with Crippen LogP contribution in [-0.2, 0) is 23.9 Å². The summed E-state index contributed by atoms with van der Waals surface area (Å²) in [6.45, 7) is 17.3. The van der Waals surface area contributed by atoms with Crippen molar-refractivity contribution in [2.45, 2.75) is 110 Å². The van der Waals surface area contributed by atoms with Crippen LogP contribution in [0.15, 0.2) is 25.3 Å². The lowest BCUT2D eigenvalue weighted by atomic mass is 9.83. The number of nitrogens with zero attached hydrogens (tertiary/aromatic N) is 1. The van der Waals surface area contributed by atoms with Crippen LogP contribution < -0.4 is 16.0 Å². The lowest BCUT2D eigenvalue weighted by molar-refractivity contribution is -0.145. The van der Waals surface area contributed by atoms with Gasteiger partial charge in [0.1, 0.15) is 17.7 Å². The average Bonchev–Trinajstić information content (AvgIpc) is 3.24. The second-order valence-corrected chi connectivity index (χ2v) is 13.6. The highest BCUT2D eigenvalue weighted by Crippen LogP contribution is 2.65. The molecule has 1 heterocycles. The SMILES string of the molecule is C=CCCCC(NC(=O)[C@@H]1C2C(CN1C(=O)[C@@H](NC(=O)OC(C)(C)C)C1CCCCC1)C2(C)C)C(=O)C(=O)NCC=C. The molecule has 4 amide bonds. The van der Waals surface area contributed by atoms with E-state index < -0.39 is 47.4 Å². The summed E-state index contributed by atoms with van der Waals surface area (Å²) in [5, 5.41) is 8.17. The monoisotopic (exact) mass is 586 g/mol. The van der Waals surface area contributed by atoms with Crippen LogP contribution in [-0.4, -0.2) is 71.3 Å². The van der Waals surface area contributed by atoms with Crippen LogP contribution >= 0.6 is 0 Å². The van der Waals surface area contributed by atoms with Crippen molar-refractivity contribution in [2.75, 3.05) is 13.1 Å². The molecule has 234 valence electrons. The molecule has 0 radical (unpaired) electrons. The summed E-state index contributed by atoms with van der Waals surface area (Å²) in [7, 11) is 0. The van der Waals surface area contributed by atoms with Crippen molar-refractivity contribution in [3.05, 3.63) is 25.3 Å². The first-order chi connectivity index (χ1) is 19.7. The van der Waals surface area contributed by atoms with Gasteiger partial charge in [0.25, 0.3) is 5.91 Å². The number of amides is 4. The van der Waals surface area contributed by atoms with Crippen LogP contribution in [0.3, 0.4) is 0 Å². The zero-order chi connectivity index (χ0) is 31.2. The summed E-state index contributed by atoms with van der Waals surface area (Å²) in [4.78, 5) is 68.1. The van der Waals surface area contributed by atoms with Crippen molar-refractivity contribution in [2.24, 2.45) is 23.2 Å². The number of rotatable bonds is 13. The fraction of sp³-hybridized carbons (Fsp3) is 0.719. The first-order valence-corrected chi connectivity index (χ1v) is 15.4. The van der Waals surface area contributed by atoms with Crippen molar-refractivity contribution in [1.29, 1.82) is 0 Å². The fourth-order valence-electron chi connectivity index (χ4n) is 6.68. The minimum absolute atomic E-state index is 0.0609. The predicted molar refractivity (Wildman–Crippen MR) is 160 cm³/mol. The number of Topliss-reactive ketones (excluding diaryl/α,β-unsaturated/α-hetero) is 1. The van der Waals surface area contributed by atoms with E-state index in [1.165, 1.54) is 6.08 Å². The number of likely N-dealkylation sites (tertiary alicyclic amines) is 1. The first kappa shape index (κ1) is 33.3. The Morgan fingerprint density at radius 1 is 1.02 bits per heavy atom.